The van der Waals surface area contributed by atoms with Crippen LogP contribution in [0.4, 0.5) is 0 Å². The first-order chi connectivity index (χ1) is 4.70. The molecular weight excluding hydrogens is 134 g/mol. The molecule has 0 aromatic heterocycles. The van der Waals surface area contributed by atoms with Crippen LogP contribution in [0.15, 0.2) is 0 Å². The fourth-order valence-corrected chi connectivity index (χ4v) is 0.645. The van der Waals surface area contributed by atoms with Crippen molar-refractivity contribution in [2.75, 3.05) is 6.54 Å². The SMILES string of the molecule is NCCC(O)CC(O)C=O. The fourth-order valence-electron chi connectivity index (χ4n) is 0.645. The number of aliphatic hydroxyl groups excluding tert-OH is 2. The molecule has 0 rings (SSSR count). The van der Waals surface area contributed by atoms with Crippen LogP contribution in [0, 0.1) is 0 Å². The van der Waals surface area contributed by atoms with Gasteiger partial charge in [-0.1, -0.05) is 0 Å². The van der Waals surface area contributed by atoms with Crippen molar-refractivity contribution >= 4 is 6.29 Å². The van der Waals surface area contributed by atoms with Crippen LogP contribution in [0.5, 0.6) is 0 Å². The largest absolute Gasteiger partial charge is 0.393 e. The summed E-state index contributed by atoms with van der Waals surface area (Å²) < 4.78 is 0. The predicted molar refractivity (Wildman–Crippen MR) is 36.4 cm³/mol. The monoisotopic (exact) mass is 147 g/mol. The van der Waals surface area contributed by atoms with Gasteiger partial charge in [0.2, 0.25) is 0 Å². The third-order valence-electron chi connectivity index (χ3n) is 1.17. The van der Waals surface area contributed by atoms with Crippen molar-refractivity contribution < 1.29 is 15.0 Å². The van der Waals surface area contributed by atoms with Gasteiger partial charge in [-0.15, -0.1) is 0 Å². The molecule has 0 saturated heterocycles. The van der Waals surface area contributed by atoms with Crippen LogP contribution in [0.2, 0.25) is 0 Å². The van der Waals surface area contributed by atoms with Crippen molar-refractivity contribution in [3.8, 4) is 0 Å². The van der Waals surface area contributed by atoms with E-state index >= 15 is 0 Å². The van der Waals surface area contributed by atoms with Crippen LogP contribution < -0.4 is 5.73 Å². The lowest BCUT2D eigenvalue weighted by Crippen LogP contribution is -2.21. The normalized spacial score (nSPS) is 16.3. The first kappa shape index (κ1) is 9.55. The highest BCUT2D eigenvalue weighted by Gasteiger charge is 2.08. The van der Waals surface area contributed by atoms with E-state index in [0.29, 0.717) is 19.3 Å². The molecule has 60 valence electrons. The Kier molecular flexibility index (Phi) is 5.10. The average molecular weight is 147 g/mol. The number of hydrogen-bond donors (Lipinski definition) is 3. The minimum atomic E-state index is -1.05. The van der Waals surface area contributed by atoms with Crippen LogP contribution in [-0.2, 0) is 4.79 Å². The average Bonchev–Trinajstić information content (AvgIpc) is 1.88. The zero-order chi connectivity index (χ0) is 7.98. The van der Waals surface area contributed by atoms with Crippen molar-refractivity contribution in [3.63, 3.8) is 0 Å². The Hall–Kier alpha value is -0.450. The van der Waals surface area contributed by atoms with Gasteiger partial charge >= 0.3 is 0 Å². The van der Waals surface area contributed by atoms with Gasteiger partial charge in [-0.3, -0.25) is 0 Å². The Morgan fingerprint density at radius 3 is 2.50 bits per heavy atom. The van der Waals surface area contributed by atoms with Gasteiger partial charge in [0.05, 0.1) is 6.10 Å². The molecule has 0 radical (unpaired) electrons. The zero-order valence-electron chi connectivity index (χ0n) is 5.73. The molecule has 0 spiro atoms. The molecule has 0 amide bonds. The Bertz CT molecular complexity index is 97.0. The first-order valence-electron chi connectivity index (χ1n) is 3.22. The highest BCUT2D eigenvalue weighted by atomic mass is 16.3. The summed E-state index contributed by atoms with van der Waals surface area (Å²) in [4.78, 5) is 9.85. The number of aliphatic hydroxyl groups is 2. The van der Waals surface area contributed by atoms with Crippen LogP contribution >= 0.6 is 0 Å². The van der Waals surface area contributed by atoms with Crippen LogP contribution in [0.25, 0.3) is 0 Å². The van der Waals surface area contributed by atoms with Gasteiger partial charge in [-0.2, -0.15) is 0 Å². The molecule has 2 unspecified atom stereocenters. The molecule has 0 heterocycles. The Balaban J connectivity index is 3.36. The number of nitrogens with two attached hydrogens (primary N) is 1. The lowest BCUT2D eigenvalue weighted by Gasteiger charge is -2.09. The summed E-state index contributed by atoms with van der Waals surface area (Å²) in [5.41, 5.74) is 5.12. The summed E-state index contributed by atoms with van der Waals surface area (Å²) in [5.74, 6) is 0. The second kappa shape index (κ2) is 5.34. The van der Waals surface area contributed by atoms with Crippen molar-refractivity contribution in [2.45, 2.75) is 25.0 Å². The number of rotatable bonds is 5. The van der Waals surface area contributed by atoms with Gasteiger partial charge in [0, 0.05) is 6.42 Å². The summed E-state index contributed by atoms with van der Waals surface area (Å²) >= 11 is 0. The molecule has 10 heavy (non-hydrogen) atoms. The maximum Gasteiger partial charge on any atom is 0.148 e. The molecule has 4 nitrogen and oxygen atoms in total. The highest BCUT2D eigenvalue weighted by Crippen LogP contribution is 1.98. The van der Waals surface area contributed by atoms with Crippen LogP contribution in [0.1, 0.15) is 12.8 Å². The first-order valence-corrected chi connectivity index (χ1v) is 3.22. The van der Waals surface area contributed by atoms with Gasteiger partial charge < -0.3 is 20.7 Å². The molecule has 0 aromatic carbocycles. The molecule has 4 heteroatoms. The summed E-state index contributed by atoms with van der Waals surface area (Å²) in [6.07, 6.45) is -0.808. The molecule has 0 aliphatic carbocycles. The maximum atomic E-state index is 9.85. The van der Waals surface area contributed by atoms with E-state index in [1.165, 1.54) is 0 Å². The lowest BCUT2D eigenvalue weighted by molar-refractivity contribution is -0.116. The summed E-state index contributed by atoms with van der Waals surface area (Å²) in [6, 6.07) is 0. The fraction of sp³-hybridized carbons (Fsp3) is 0.833. The van der Waals surface area contributed by atoms with E-state index in [1.54, 1.807) is 0 Å². The molecule has 0 bridgehead atoms. The molecule has 4 N–H and O–H groups in total. The molecule has 2 atom stereocenters. The van der Waals surface area contributed by atoms with Gasteiger partial charge in [0.25, 0.3) is 0 Å². The van der Waals surface area contributed by atoms with E-state index < -0.39 is 12.2 Å². The standard InChI is InChI=1S/C6H13NO3/c7-2-1-5(9)3-6(10)4-8/h4-6,9-10H,1-3,7H2. The lowest BCUT2D eigenvalue weighted by atomic mass is 10.1. The highest BCUT2D eigenvalue weighted by molar-refractivity contribution is 5.55. The van der Waals surface area contributed by atoms with E-state index in [1.807, 2.05) is 0 Å². The van der Waals surface area contributed by atoms with Crippen molar-refractivity contribution in [2.24, 2.45) is 5.73 Å². The zero-order valence-corrected chi connectivity index (χ0v) is 5.73. The molecule has 0 aliphatic rings. The van der Waals surface area contributed by atoms with Gasteiger partial charge in [-0.05, 0) is 13.0 Å². The van der Waals surface area contributed by atoms with E-state index in [2.05, 4.69) is 0 Å². The quantitative estimate of drug-likeness (QED) is 0.420. The second-order valence-corrected chi connectivity index (χ2v) is 2.17. The van der Waals surface area contributed by atoms with Gasteiger partial charge in [-0.25, -0.2) is 0 Å². The van der Waals surface area contributed by atoms with Gasteiger partial charge in [0.1, 0.15) is 12.4 Å². The third-order valence-corrected chi connectivity index (χ3v) is 1.17. The minimum Gasteiger partial charge on any atom is -0.393 e. The molecule has 0 aromatic rings. The summed E-state index contributed by atoms with van der Waals surface area (Å²) in [7, 11) is 0. The third kappa shape index (κ3) is 4.43. The summed E-state index contributed by atoms with van der Waals surface area (Å²) in [6.45, 7) is 0.368. The van der Waals surface area contributed by atoms with Crippen molar-refractivity contribution in [1.82, 2.24) is 0 Å². The van der Waals surface area contributed by atoms with Crippen molar-refractivity contribution in [3.05, 3.63) is 0 Å². The predicted octanol–water partition coefficient (Wildman–Crippen LogP) is -1.35. The number of carbonyl (C=O) groups excluding carboxylic acids is 1. The van der Waals surface area contributed by atoms with E-state index in [0.717, 1.165) is 0 Å². The van der Waals surface area contributed by atoms with E-state index in [9.17, 15) is 4.79 Å². The summed E-state index contributed by atoms with van der Waals surface area (Å²) in [5, 5.41) is 17.6. The molecule has 0 fully saturated rings. The van der Waals surface area contributed by atoms with E-state index in [4.69, 9.17) is 15.9 Å². The topological polar surface area (TPSA) is 83.6 Å². The smallest absolute Gasteiger partial charge is 0.148 e. The van der Waals surface area contributed by atoms with E-state index in [-0.39, 0.29) is 6.42 Å². The van der Waals surface area contributed by atoms with Crippen molar-refractivity contribution in [1.29, 1.82) is 0 Å². The molecule has 0 saturated carbocycles. The van der Waals surface area contributed by atoms with Crippen LogP contribution in [-0.4, -0.2) is 35.3 Å². The Morgan fingerprint density at radius 1 is 1.50 bits per heavy atom. The molecule has 0 aliphatic heterocycles. The molecular formula is C6H13NO3. The Labute approximate surface area is 59.7 Å². The van der Waals surface area contributed by atoms with Crippen LogP contribution in [0.3, 0.4) is 0 Å². The number of hydrogen-bond acceptors (Lipinski definition) is 4. The number of aldehydes is 1. The second-order valence-electron chi connectivity index (χ2n) is 2.17. The van der Waals surface area contributed by atoms with Gasteiger partial charge in [0.15, 0.2) is 0 Å². The maximum absolute atomic E-state index is 9.85. The minimum absolute atomic E-state index is 0.0840. The Morgan fingerprint density at radius 2 is 2.10 bits per heavy atom. The number of carbonyl (C=O) groups is 1.